The zero-order chi connectivity index (χ0) is 18.8. The lowest BCUT2D eigenvalue weighted by atomic mass is 10.1. The monoisotopic (exact) mass is 378 g/mol. The van der Waals surface area contributed by atoms with E-state index in [0.29, 0.717) is 22.7 Å². The third-order valence-electron chi connectivity index (χ3n) is 4.16. The average molecular weight is 379 g/mol. The van der Waals surface area contributed by atoms with Crippen LogP contribution in [0.2, 0.25) is 5.02 Å². The van der Waals surface area contributed by atoms with Gasteiger partial charge in [0.05, 0.1) is 11.3 Å². The second kappa shape index (κ2) is 7.09. The summed E-state index contributed by atoms with van der Waals surface area (Å²) < 4.78 is 1.79. The van der Waals surface area contributed by atoms with E-state index >= 15 is 0 Å². The standard InChI is InChI=1S/C20H15ClN4O2/c21-14-8-9-17(26)16(12-14)22-20(27)15-7-4-10-25-18(23-24-19(15)25)11-13-5-2-1-3-6-13/h1-10,12,26H,11H2,(H,22,27). The molecule has 0 aliphatic rings. The van der Waals surface area contributed by atoms with E-state index in [2.05, 4.69) is 15.5 Å². The summed E-state index contributed by atoms with van der Waals surface area (Å²) in [5.41, 5.74) is 2.13. The molecule has 0 fully saturated rings. The third kappa shape index (κ3) is 3.47. The highest BCUT2D eigenvalue weighted by Gasteiger charge is 2.16. The molecule has 2 N–H and O–H groups in total. The van der Waals surface area contributed by atoms with Crippen LogP contribution < -0.4 is 5.32 Å². The first-order valence-corrected chi connectivity index (χ1v) is 8.66. The number of aromatic hydroxyl groups is 1. The molecule has 0 aliphatic carbocycles. The van der Waals surface area contributed by atoms with Gasteiger partial charge in [-0.25, -0.2) is 0 Å². The van der Waals surface area contributed by atoms with Crippen molar-refractivity contribution in [3.63, 3.8) is 0 Å². The van der Waals surface area contributed by atoms with Crippen LogP contribution >= 0.6 is 11.6 Å². The minimum Gasteiger partial charge on any atom is -0.506 e. The normalized spacial score (nSPS) is 10.9. The van der Waals surface area contributed by atoms with Gasteiger partial charge in [-0.1, -0.05) is 41.9 Å². The van der Waals surface area contributed by atoms with Gasteiger partial charge in [-0.15, -0.1) is 10.2 Å². The summed E-state index contributed by atoms with van der Waals surface area (Å²) in [5.74, 6) is 0.263. The third-order valence-corrected chi connectivity index (χ3v) is 4.40. The van der Waals surface area contributed by atoms with Gasteiger partial charge in [0.25, 0.3) is 5.91 Å². The second-order valence-electron chi connectivity index (χ2n) is 6.01. The van der Waals surface area contributed by atoms with Gasteiger partial charge in [0, 0.05) is 17.6 Å². The van der Waals surface area contributed by atoms with Gasteiger partial charge < -0.3 is 10.4 Å². The Kier molecular flexibility index (Phi) is 4.48. The molecule has 0 atom stereocenters. The molecule has 0 unspecified atom stereocenters. The maximum atomic E-state index is 12.7. The number of hydrogen-bond donors (Lipinski definition) is 2. The lowest BCUT2D eigenvalue weighted by molar-refractivity contribution is 0.102. The molecule has 134 valence electrons. The van der Waals surface area contributed by atoms with Crippen LogP contribution in [0.5, 0.6) is 5.75 Å². The fourth-order valence-electron chi connectivity index (χ4n) is 2.84. The number of anilines is 1. The topological polar surface area (TPSA) is 79.5 Å². The number of halogens is 1. The van der Waals surface area contributed by atoms with Crippen LogP contribution in [0.4, 0.5) is 5.69 Å². The largest absolute Gasteiger partial charge is 0.506 e. The summed E-state index contributed by atoms with van der Waals surface area (Å²) in [6, 6.07) is 17.8. The molecule has 0 bridgehead atoms. The smallest absolute Gasteiger partial charge is 0.259 e. The van der Waals surface area contributed by atoms with Gasteiger partial charge >= 0.3 is 0 Å². The van der Waals surface area contributed by atoms with Gasteiger partial charge in [-0.2, -0.15) is 0 Å². The molecular formula is C20H15ClN4O2. The maximum Gasteiger partial charge on any atom is 0.259 e. The Labute approximate surface area is 160 Å². The van der Waals surface area contributed by atoms with E-state index in [1.54, 1.807) is 22.6 Å². The van der Waals surface area contributed by atoms with Gasteiger partial charge in [0.15, 0.2) is 5.65 Å². The van der Waals surface area contributed by atoms with Crippen molar-refractivity contribution < 1.29 is 9.90 Å². The lowest BCUT2D eigenvalue weighted by Crippen LogP contribution is -2.13. The predicted octanol–water partition coefficient (Wildman–Crippen LogP) is 3.93. The Hall–Kier alpha value is -3.38. The second-order valence-corrected chi connectivity index (χ2v) is 6.45. The van der Waals surface area contributed by atoms with Gasteiger partial charge in [0.1, 0.15) is 11.6 Å². The summed E-state index contributed by atoms with van der Waals surface area (Å²) in [6.07, 6.45) is 2.42. The number of nitrogens with zero attached hydrogens (tertiary/aromatic N) is 3. The van der Waals surface area contributed by atoms with E-state index in [-0.39, 0.29) is 11.4 Å². The first kappa shape index (κ1) is 17.1. The highest BCUT2D eigenvalue weighted by atomic mass is 35.5. The molecule has 2 aromatic carbocycles. The summed E-state index contributed by atoms with van der Waals surface area (Å²) >= 11 is 5.93. The van der Waals surface area contributed by atoms with Gasteiger partial charge in [0.2, 0.25) is 0 Å². The van der Waals surface area contributed by atoms with Gasteiger partial charge in [-0.05, 0) is 35.9 Å². The number of carbonyl (C=O) groups is 1. The van der Waals surface area contributed by atoms with Crippen molar-refractivity contribution in [1.29, 1.82) is 0 Å². The van der Waals surface area contributed by atoms with E-state index < -0.39 is 5.91 Å². The SMILES string of the molecule is O=C(Nc1cc(Cl)ccc1O)c1cccn2c(Cc3ccccc3)nnc12. The first-order chi connectivity index (χ1) is 13.1. The summed E-state index contributed by atoms with van der Waals surface area (Å²) in [7, 11) is 0. The Bertz CT molecular complexity index is 1130. The van der Waals surface area contributed by atoms with Gasteiger partial charge in [-0.3, -0.25) is 9.20 Å². The Morgan fingerprint density at radius 1 is 1.07 bits per heavy atom. The molecule has 7 heteroatoms. The van der Waals surface area contributed by atoms with Crippen LogP contribution in [0.1, 0.15) is 21.7 Å². The van der Waals surface area contributed by atoms with Crippen molar-refractivity contribution in [3.05, 3.63) is 88.8 Å². The fourth-order valence-corrected chi connectivity index (χ4v) is 3.01. The minimum absolute atomic E-state index is 0.0639. The number of pyridine rings is 1. The number of phenolic OH excluding ortho intramolecular Hbond substituents is 1. The molecule has 1 amide bonds. The molecular weight excluding hydrogens is 364 g/mol. The minimum atomic E-state index is -0.406. The molecule has 0 saturated heterocycles. The highest BCUT2D eigenvalue weighted by molar-refractivity contribution is 6.31. The van der Waals surface area contributed by atoms with Crippen LogP contribution in [0, 0.1) is 0 Å². The number of nitrogens with one attached hydrogen (secondary N) is 1. The molecule has 0 saturated carbocycles. The molecule has 0 radical (unpaired) electrons. The van der Waals surface area contributed by atoms with Crippen LogP contribution in [0.15, 0.2) is 66.9 Å². The lowest BCUT2D eigenvalue weighted by Gasteiger charge is -2.08. The fraction of sp³-hybridized carbons (Fsp3) is 0.0500. The van der Waals surface area contributed by atoms with Crippen LogP contribution in [-0.2, 0) is 6.42 Å². The van der Waals surface area contributed by atoms with Crippen molar-refractivity contribution in [2.24, 2.45) is 0 Å². The molecule has 6 nitrogen and oxygen atoms in total. The van der Waals surface area contributed by atoms with E-state index in [0.717, 1.165) is 11.4 Å². The molecule has 0 aliphatic heterocycles. The van der Waals surface area contributed by atoms with Crippen LogP contribution in [0.25, 0.3) is 5.65 Å². The number of carbonyl (C=O) groups excluding carboxylic acids is 1. The van der Waals surface area contributed by atoms with Crippen molar-refractivity contribution >= 4 is 28.8 Å². The number of amides is 1. The molecule has 2 aromatic heterocycles. The molecule has 27 heavy (non-hydrogen) atoms. The Morgan fingerprint density at radius 2 is 1.89 bits per heavy atom. The number of benzene rings is 2. The van der Waals surface area contributed by atoms with E-state index in [9.17, 15) is 9.90 Å². The molecule has 0 spiro atoms. The first-order valence-electron chi connectivity index (χ1n) is 8.28. The quantitative estimate of drug-likeness (QED) is 0.527. The highest BCUT2D eigenvalue weighted by Crippen LogP contribution is 2.27. The van der Waals surface area contributed by atoms with E-state index in [4.69, 9.17) is 11.6 Å². The average Bonchev–Trinajstić information content (AvgIpc) is 3.08. The Morgan fingerprint density at radius 3 is 2.70 bits per heavy atom. The van der Waals surface area contributed by atoms with Crippen molar-refractivity contribution in [2.45, 2.75) is 6.42 Å². The number of phenols is 1. The van der Waals surface area contributed by atoms with Crippen molar-refractivity contribution in [1.82, 2.24) is 14.6 Å². The van der Waals surface area contributed by atoms with E-state index in [1.165, 1.54) is 12.1 Å². The summed E-state index contributed by atoms with van der Waals surface area (Å²) in [5, 5.41) is 21.4. The molecule has 4 aromatic rings. The molecule has 2 heterocycles. The summed E-state index contributed by atoms with van der Waals surface area (Å²) in [6.45, 7) is 0. The zero-order valence-corrected chi connectivity index (χ0v) is 14.9. The van der Waals surface area contributed by atoms with Crippen LogP contribution in [0.3, 0.4) is 0 Å². The number of fused-ring (bicyclic) bond motifs is 1. The number of aromatic nitrogens is 3. The predicted molar refractivity (Wildman–Crippen MR) is 103 cm³/mol. The van der Waals surface area contributed by atoms with Crippen molar-refractivity contribution in [3.8, 4) is 5.75 Å². The number of rotatable bonds is 4. The zero-order valence-electron chi connectivity index (χ0n) is 14.1. The number of hydrogen-bond acceptors (Lipinski definition) is 4. The maximum absolute atomic E-state index is 12.7. The summed E-state index contributed by atoms with van der Waals surface area (Å²) in [4.78, 5) is 12.7. The van der Waals surface area contributed by atoms with Crippen molar-refractivity contribution in [2.75, 3.05) is 5.32 Å². The van der Waals surface area contributed by atoms with Crippen LogP contribution in [-0.4, -0.2) is 25.6 Å². The Balaban J connectivity index is 1.66. The van der Waals surface area contributed by atoms with E-state index in [1.807, 2.05) is 36.5 Å². The molecule has 4 rings (SSSR count).